The van der Waals surface area contributed by atoms with Gasteiger partial charge in [0.15, 0.2) is 0 Å². The molecule has 0 amide bonds. The number of aliphatic imine (C=N–C) groups is 1. The Labute approximate surface area is 74.0 Å². The molecule has 0 unspecified atom stereocenters. The SMILES string of the molecule is C/C=C(\C)S/C(=N\C)C(C)C. The lowest BCUT2D eigenvalue weighted by Crippen LogP contribution is -2.01. The van der Waals surface area contributed by atoms with Gasteiger partial charge in [0.1, 0.15) is 0 Å². The Morgan fingerprint density at radius 2 is 2.00 bits per heavy atom. The van der Waals surface area contributed by atoms with E-state index in [1.807, 2.05) is 7.05 Å². The van der Waals surface area contributed by atoms with Crippen LogP contribution in [0.15, 0.2) is 16.0 Å². The van der Waals surface area contributed by atoms with E-state index in [-0.39, 0.29) is 0 Å². The summed E-state index contributed by atoms with van der Waals surface area (Å²) in [7, 11) is 1.85. The monoisotopic (exact) mass is 171 g/mol. The van der Waals surface area contributed by atoms with Gasteiger partial charge in [-0.1, -0.05) is 31.7 Å². The fourth-order valence-corrected chi connectivity index (χ4v) is 1.42. The molecule has 0 N–H and O–H groups in total. The summed E-state index contributed by atoms with van der Waals surface area (Å²) in [4.78, 5) is 5.53. The highest BCUT2D eigenvalue weighted by Gasteiger charge is 2.04. The van der Waals surface area contributed by atoms with Crippen LogP contribution in [0.5, 0.6) is 0 Å². The second kappa shape index (κ2) is 5.42. The first-order valence-electron chi connectivity index (χ1n) is 3.89. The lowest BCUT2D eigenvalue weighted by Gasteiger charge is -2.07. The smallest absolute Gasteiger partial charge is 0.0742 e. The van der Waals surface area contributed by atoms with Gasteiger partial charge in [-0.2, -0.15) is 0 Å². The standard InChI is InChI=1S/C9H17NS/c1-6-8(4)11-9(10-5)7(2)3/h6-7H,1-5H3/b8-6+,10-9-. The molecule has 11 heavy (non-hydrogen) atoms. The quantitative estimate of drug-likeness (QED) is 0.458. The minimum Gasteiger partial charge on any atom is -0.286 e. The second-order valence-corrected chi connectivity index (χ2v) is 3.98. The molecule has 0 heterocycles. The zero-order chi connectivity index (χ0) is 8.85. The lowest BCUT2D eigenvalue weighted by molar-refractivity contribution is 0.898. The van der Waals surface area contributed by atoms with E-state index in [2.05, 4.69) is 38.8 Å². The van der Waals surface area contributed by atoms with Gasteiger partial charge in [-0.3, -0.25) is 4.99 Å². The van der Waals surface area contributed by atoms with Crippen LogP contribution < -0.4 is 0 Å². The Bertz CT molecular complexity index is 168. The third-order valence-electron chi connectivity index (χ3n) is 1.39. The van der Waals surface area contributed by atoms with Crippen molar-refractivity contribution in [3.8, 4) is 0 Å². The highest BCUT2D eigenvalue weighted by molar-refractivity contribution is 8.17. The summed E-state index contributed by atoms with van der Waals surface area (Å²) in [5.74, 6) is 0.542. The van der Waals surface area contributed by atoms with Gasteiger partial charge in [-0.25, -0.2) is 0 Å². The molecule has 0 bridgehead atoms. The van der Waals surface area contributed by atoms with Crippen molar-refractivity contribution in [3.63, 3.8) is 0 Å². The van der Waals surface area contributed by atoms with Crippen LogP contribution >= 0.6 is 11.8 Å². The largest absolute Gasteiger partial charge is 0.286 e. The maximum absolute atomic E-state index is 4.21. The van der Waals surface area contributed by atoms with Crippen LogP contribution in [0.2, 0.25) is 0 Å². The van der Waals surface area contributed by atoms with E-state index in [4.69, 9.17) is 0 Å². The zero-order valence-corrected chi connectivity index (χ0v) is 8.83. The predicted molar refractivity (Wildman–Crippen MR) is 55.2 cm³/mol. The van der Waals surface area contributed by atoms with Gasteiger partial charge < -0.3 is 0 Å². The molecule has 0 aromatic heterocycles. The van der Waals surface area contributed by atoms with Gasteiger partial charge in [0.05, 0.1) is 5.04 Å². The van der Waals surface area contributed by atoms with Gasteiger partial charge in [0, 0.05) is 13.0 Å². The molecule has 0 rings (SSSR count). The van der Waals surface area contributed by atoms with Gasteiger partial charge in [0.25, 0.3) is 0 Å². The summed E-state index contributed by atoms with van der Waals surface area (Å²) in [5, 5.41) is 1.21. The van der Waals surface area contributed by atoms with Crippen LogP contribution in [0.4, 0.5) is 0 Å². The molecular weight excluding hydrogens is 154 g/mol. The topological polar surface area (TPSA) is 12.4 Å². The molecule has 0 spiro atoms. The number of allylic oxidation sites excluding steroid dienone is 2. The van der Waals surface area contributed by atoms with E-state index in [9.17, 15) is 0 Å². The van der Waals surface area contributed by atoms with Crippen molar-refractivity contribution < 1.29 is 0 Å². The third kappa shape index (κ3) is 4.25. The van der Waals surface area contributed by atoms with Crippen LogP contribution in [-0.2, 0) is 0 Å². The second-order valence-electron chi connectivity index (χ2n) is 2.72. The van der Waals surface area contributed by atoms with Crippen LogP contribution in [0.3, 0.4) is 0 Å². The zero-order valence-electron chi connectivity index (χ0n) is 8.01. The van der Waals surface area contributed by atoms with Crippen molar-refractivity contribution in [2.24, 2.45) is 10.9 Å². The summed E-state index contributed by atoms with van der Waals surface area (Å²) in [6.07, 6.45) is 2.11. The normalized spacial score (nSPS) is 14.4. The van der Waals surface area contributed by atoms with Crippen molar-refractivity contribution >= 4 is 16.8 Å². The van der Waals surface area contributed by atoms with E-state index in [1.165, 1.54) is 9.95 Å². The molecular formula is C9H17NS. The maximum Gasteiger partial charge on any atom is 0.0742 e. The Morgan fingerprint density at radius 3 is 2.27 bits per heavy atom. The summed E-state index contributed by atoms with van der Waals surface area (Å²) >= 11 is 1.76. The Balaban J connectivity index is 4.12. The number of hydrogen-bond acceptors (Lipinski definition) is 2. The van der Waals surface area contributed by atoms with Gasteiger partial charge >= 0.3 is 0 Å². The summed E-state index contributed by atoms with van der Waals surface area (Å²) in [6, 6.07) is 0. The molecule has 0 aromatic carbocycles. The molecule has 2 heteroatoms. The predicted octanol–water partition coefficient (Wildman–Crippen LogP) is 3.33. The lowest BCUT2D eigenvalue weighted by atomic mass is 10.2. The molecule has 0 aliphatic carbocycles. The van der Waals surface area contributed by atoms with Crippen molar-refractivity contribution in [3.05, 3.63) is 11.0 Å². The molecule has 0 atom stereocenters. The van der Waals surface area contributed by atoms with Gasteiger partial charge in [0.2, 0.25) is 0 Å². The van der Waals surface area contributed by atoms with E-state index < -0.39 is 0 Å². The molecule has 0 radical (unpaired) electrons. The molecule has 0 saturated carbocycles. The van der Waals surface area contributed by atoms with Crippen molar-refractivity contribution in [1.29, 1.82) is 0 Å². The minimum atomic E-state index is 0.542. The highest BCUT2D eigenvalue weighted by Crippen LogP contribution is 2.20. The average Bonchev–Trinajstić information content (AvgIpc) is 1.99. The Hall–Kier alpha value is -0.240. The molecule has 0 fully saturated rings. The summed E-state index contributed by atoms with van der Waals surface area (Å²) in [5.41, 5.74) is 0. The molecule has 0 aliphatic heterocycles. The third-order valence-corrected chi connectivity index (χ3v) is 2.81. The van der Waals surface area contributed by atoms with Gasteiger partial charge in [-0.05, 0) is 18.8 Å². The Kier molecular flexibility index (Phi) is 5.30. The first kappa shape index (κ1) is 10.8. The van der Waals surface area contributed by atoms with E-state index >= 15 is 0 Å². The molecule has 1 nitrogen and oxygen atoms in total. The first-order chi connectivity index (χ1) is 5.11. The number of hydrogen-bond donors (Lipinski definition) is 0. The fraction of sp³-hybridized carbons (Fsp3) is 0.667. The fourth-order valence-electron chi connectivity index (χ4n) is 0.646. The Morgan fingerprint density at radius 1 is 1.45 bits per heavy atom. The van der Waals surface area contributed by atoms with Crippen molar-refractivity contribution in [1.82, 2.24) is 0 Å². The van der Waals surface area contributed by atoms with Crippen LogP contribution in [0.1, 0.15) is 27.7 Å². The van der Waals surface area contributed by atoms with Crippen molar-refractivity contribution in [2.45, 2.75) is 27.7 Å². The van der Waals surface area contributed by atoms with Crippen LogP contribution in [0, 0.1) is 5.92 Å². The highest BCUT2D eigenvalue weighted by atomic mass is 32.2. The van der Waals surface area contributed by atoms with Crippen LogP contribution in [-0.4, -0.2) is 12.1 Å². The van der Waals surface area contributed by atoms with Crippen molar-refractivity contribution in [2.75, 3.05) is 7.05 Å². The molecule has 0 saturated heterocycles. The minimum absolute atomic E-state index is 0.542. The summed E-state index contributed by atoms with van der Waals surface area (Å²) < 4.78 is 0. The number of thioether (sulfide) groups is 1. The van der Waals surface area contributed by atoms with E-state index in [0.717, 1.165) is 0 Å². The average molecular weight is 171 g/mol. The van der Waals surface area contributed by atoms with E-state index in [1.54, 1.807) is 11.8 Å². The van der Waals surface area contributed by atoms with E-state index in [0.29, 0.717) is 5.92 Å². The van der Waals surface area contributed by atoms with Gasteiger partial charge in [-0.15, -0.1) is 0 Å². The molecule has 0 aliphatic rings. The maximum atomic E-state index is 4.21. The molecule has 0 aromatic rings. The number of rotatable bonds is 2. The summed E-state index contributed by atoms with van der Waals surface area (Å²) in [6.45, 7) is 8.49. The van der Waals surface area contributed by atoms with Crippen LogP contribution in [0.25, 0.3) is 0 Å². The molecule has 64 valence electrons. The number of nitrogens with zero attached hydrogens (tertiary/aromatic N) is 1. The first-order valence-corrected chi connectivity index (χ1v) is 4.70.